The van der Waals surface area contributed by atoms with Crippen molar-refractivity contribution in [1.29, 1.82) is 0 Å². The second kappa shape index (κ2) is 7.91. The molecule has 2 heterocycles. The average molecular weight is 362 g/mol. The van der Waals surface area contributed by atoms with Gasteiger partial charge in [-0.1, -0.05) is 24.8 Å². The van der Waals surface area contributed by atoms with Crippen LogP contribution in [0.3, 0.4) is 0 Å². The predicted octanol–water partition coefficient (Wildman–Crippen LogP) is 3.82. The van der Waals surface area contributed by atoms with E-state index in [2.05, 4.69) is 29.0 Å². The van der Waals surface area contributed by atoms with Crippen LogP contribution in [-0.4, -0.2) is 31.5 Å². The van der Waals surface area contributed by atoms with Crippen LogP contribution in [-0.2, 0) is 11.3 Å². The van der Waals surface area contributed by atoms with Gasteiger partial charge in [0.2, 0.25) is 5.91 Å². The summed E-state index contributed by atoms with van der Waals surface area (Å²) in [6.07, 6.45) is 4.29. The maximum Gasteiger partial charge on any atom is 0.233 e. The van der Waals surface area contributed by atoms with Gasteiger partial charge in [0.15, 0.2) is 11.0 Å². The molecular formula is C18H26N4O2S. The quantitative estimate of drug-likeness (QED) is 0.571. The van der Waals surface area contributed by atoms with Crippen LogP contribution in [0.1, 0.15) is 39.9 Å². The molecule has 136 valence electrons. The molecule has 0 aliphatic heterocycles. The lowest BCUT2D eigenvalue weighted by Gasteiger charge is -2.26. The lowest BCUT2D eigenvalue weighted by atomic mass is 10.0. The van der Waals surface area contributed by atoms with E-state index < -0.39 is 0 Å². The smallest absolute Gasteiger partial charge is 0.233 e. The van der Waals surface area contributed by atoms with Gasteiger partial charge < -0.3 is 9.73 Å². The van der Waals surface area contributed by atoms with E-state index >= 15 is 0 Å². The monoisotopic (exact) mass is 362 g/mol. The Morgan fingerprint density at radius 2 is 2.24 bits per heavy atom. The van der Waals surface area contributed by atoms with Crippen molar-refractivity contribution < 1.29 is 9.21 Å². The van der Waals surface area contributed by atoms with Gasteiger partial charge >= 0.3 is 0 Å². The van der Waals surface area contributed by atoms with E-state index in [-0.39, 0.29) is 16.7 Å². The highest BCUT2D eigenvalue weighted by Crippen LogP contribution is 2.29. The summed E-state index contributed by atoms with van der Waals surface area (Å²) in [5, 5.41) is 12.0. The van der Waals surface area contributed by atoms with E-state index in [9.17, 15) is 4.79 Å². The third-order valence-corrected chi connectivity index (χ3v) is 5.21. The van der Waals surface area contributed by atoms with Crippen LogP contribution in [0.2, 0.25) is 0 Å². The van der Waals surface area contributed by atoms with Gasteiger partial charge in [0.25, 0.3) is 0 Å². The standard InChI is InChI=1S/C18H26N4O2S/c1-7-10-22-15(14-9-11-24-12(14)3)20-21-17(22)25-13(4)16(23)19-18(5,6)8-2/h7,9,11,13H,1,8,10H2,2-6H3,(H,19,23). The van der Waals surface area contributed by atoms with Crippen LogP contribution < -0.4 is 5.32 Å². The molecule has 0 bridgehead atoms. The number of carbonyl (C=O) groups is 1. The second-order valence-electron chi connectivity index (χ2n) is 6.58. The van der Waals surface area contributed by atoms with Crippen molar-refractivity contribution in [2.24, 2.45) is 0 Å². The first-order valence-electron chi connectivity index (χ1n) is 8.36. The lowest BCUT2D eigenvalue weighted by Crippen LogP contribution is -2.46. The first-order chi connectivity index (χ1) is 11.8. The molecule has 1 atom stereocenters. The number of hydrogen-bond donors (Lipinski definition) is 1. The fourth-order valence-electron chi connectivity index (χ4n) is 2.22. The fraction of sp³-hybridized carbons (Fsp3) is 0.500. The summed E-state index contributed by atoms with van der Waals surface area (Å²) in [7, 11) is 0. The van der Waals surface area contributed by atoms with Gasteiger partial charge in [-0.3, -0.25) is 9.36 Å². The molecular weight excluding hydrogens is 336 g/mol. The number of nitrogens with one attached hydrogen (secondary N) is 1. The Hall–Kier alpha value is -2.02. The maximum absolute atomic E-state index is 12.5. The highest BCUT2D eigenvalue weighted by atomic mass is 32.2. The van der Waals surface area contributed by atoms with Crippen molar-refractivity contribution in [3.8, 4) is 11.4 Å². The Morgan fingerprint density at radius 3 is 2.80 bits per heavy atom. The van der Waals surface area contributed by atoms with Crippen LogP contribution in [0.5, 0.6) is 0 Å². The number of furan rings is 1. The van der Waals surface area contributed by atoms with Gasteiger partial charge in [-0.15, -0.1) is 16.8 Å². The molecule has 2 aromatic heterocycles. The van der Waals surface area contributed by atoms with E-state index in [0.29, 0.717) is 11.7 Å². The predicted molar refractivity (Wildman–Crippen MR) is 100 cm³/mol. The molecule has 0 saturated carbocycles. The number of thioether (sulfide) groups is 1. The minimum absolute atomic E-state index is 0.00829. The largest absolute Gasteiger partial charge is 0.469 e. The van der Waals surface area contributed by atoms with Crippen molar-refractivity contribution in [3.05, 3.63) is 30.7 Å². The van der Waals surface area contributed by atoms with Gasteiger partial charge in [0.1, 0.15) is 5.76 Å². The Bertz CT molecular complexity index is 748. The minimum atomic E-state index is -0.281. The molecule has 2 aromatic rings. The number of rotatable bonds is 8. The molecule has 2 rings (SSSR count). The normalized spacial score (nSPS) is 12.8. The van der Waals surface area contributed by atoms with Gasteiger partial charge in [-0.25, -0.2) is 0 Å². The zero-order valence-electron chi connectivity index (χ0n) is 15.5. The number of aryl methyl sites for hydroxylation is 1. The molecule has 0 fully saturated rings. The van der Waals surface area contributed by atoms with E-state index in [1.165, 1.54) is 11.8 Å². The summed E-state index contributed by atoms with van der Waals surface area (Å²) < 4.78 is 7.32. The lowest BCUT2D eigenvalue weighted by molar-refractivity contribution is -0.121. The molecule has 6 nitrogen and oxygen atoms in total. The van der Waals surface area contributed by atoms with Crippen LogP contribution in [0.15, 0.2) is 34.6 Å². The van der Waals surface area contributed by atoms with Gasteiger partial charge in [0.05, 0.1) is 17.1 Å². The molecule has 0 radical (unpaired) electrons. The minimum Gasteiger partial charge on any atom is -0.469 e. The fourth-order valence-corrected chi connectivity index (χ4v) is 3.08. The number of nitrogens with zero attached hydrogens (tertiary/aromatic N) is 3. The molecule has 25 heavy (non-hydrogen) atoms. The average Bonchev–Trinajstić information content (AvgIpc) is 3.14. The Kier molecular flexibility index (Phi) is 6.11. The third kappa shape index (κ3) is 4.54. The number of aromatic nitrogens is 3. The Balaban J connectivity index is 2.22. The summed E-state index contributed by atoms with van der Waals surface area (Å²) in [4.78, 5) is 12.5. The van der Waals surface area contributed by atoms with Crippen molar-refractivity contribution >= 4 is 17.7 Å². The second-order valence-corrected chi connectivity index (χ2v) is 7.89. The molecule has 1 N–H and O–H groups in total. The van der Waals surface area contributed by atoms with Crippen molar-refractivity contribution in [2.45, 2.75) is 63.5 Å². The molecule has 0 saturated heterocycles. The van der Waals surface area contributed by atoms with Crippen molar-refractivity contribution in [2.75, 3.05) is 0 Å². The molecule has 0 aromatic carbocycles. The number of carbonyl (C=O) groups excluding carboxylic acids is 1. The SMILES string of the molecule is C=CCn1c(SC(C)C(=O)NC(C)(C)CC)nnc1-c1ccoc1C. The summed E-state index contributed by atoms with van der Waals surface area (Å²) in [5.41, 5.74) is 0.671. The van der Waals surface area contributed by atoms with Crippen LogP contribution in [0.25, 0.3) is 11.4 Å². The van der Waals surface area contributed by atoms with Crippen molar-refractivity contribution in [1.82, 2.24) is 20.1 Å². The number of hydrogen-bond acceptors (Lipinski definition) is 5. The summed E-state index contributed by atoms with van der Waals surface area (Å²) in [6, 6.07) is 1.87. The van der Waals surface area contributed by atoms with Gasteiger partial charge in [-0.05, 0) is 40.2 Å². The summed E-state index contributed by atoms with van der Waals surface area (Å²) in [5.74, 6) is 1.49. The number of allylic oxidation sites excluding steroid dienone is 1. The van der Waals surface area contributed by atoms with Gasteiger partial charge in [0, 0.05) is 12.1 Å². The summed E-state index contributed by atoms with van der Waals surface area (Å²) in [6.45, 7) is 14.2. The molecule has 1 unspecified atom stereocenters. The molecule has 1 amide bonds. The van der Waals surface area contributed by atoms with E-state index in [1.807, 2.05) is 38.3 Å². The van der Waals surface area contributed by atoms with Crippen LogP contribution >= 0.6 is 11.8 Å². The highest BCUT2D eigenvalue weighted by Gasteiger charge is 2.25. The van der Waals surface area contributed by atoms with Crippen LogP contribution in [0.4, 0.5) is 0 Å². The maximum atomic E-state index is 12.5. The third-order valence-electron chi connectivity index (χ3n) is 4.13. The zero-order chi connectivity index (χ0) is 18.6. The summed E-state index contributed by atoms with van der Waals surface area (Å²) >= 11 is 1.39. The highest BCUT2D eigenvalue weighted by molar-refractivity contribution is 8.00. The molecule has 0 aliphatic carbocycles. The first-order valence-corrected chi connectivity index (χ1v) is 9.24. The van der Waals surface area contributed by atoms with Crippen molar-refractivity contribution in [3.63, 3.8) is 0 Å². The van der Waals surface area contributed by atoms with E-state index in [4.69, 9.17) is 4.42 Å². The molecule has 7 heteroatoms. The zero-order valence-corrected chi connectivity index (χ0v) is 16.3. The first kappa shape index (κ1) is 19.3. The van der Waals surface area contributed by atoms with Crippen LogP contribution in [0, 0.1) is 6.92 Å². The topological polar surface area (TPSA) is 73.0 Å². The van der Waals surface area contributed by atoms with E-state index in [1.54, 1.807) is 12.3 Å². The molecule has 0 spiro atoms. The molecule has 0 aliphatic rings. The van der Waals surface area contributed by atoms with E-state index in [0.717, 1.165) is 23.6 Å². The van der Waals surface area contributed by atoms with Gasteiger partial charge in [-0.2, -0.15) is 0 Å². The Labute approximate surface area is 153 Å². The number of amides is 1. The Morgan fingerprint density at radius 1 is 1.52 bits per heavy atom.